The first-order chi connectivity index (χ1) is 6.86. The van der Waals surface area contributed by atoms with Gasteiger partial charge >= 0.3 is 0 Å². The van der Waals surface area contributed by atoms with Crippen molar-refractivity contribution < 1.29 is 13.9 Å². The number of Topliss-reactive ketones (excluding diaryl/α,β-unsaturated/α-hetero) is 1. The Morgan fingerprint density at radius 1 is 1.21 bits per heavy atom. The molecule has 0 aliphatic carbocycles. The van der Waals surface area contributed by atoms with E-state index in [2.05, 4.69) is 5.32 Å². The van der Waals surface area contributed by atoms with Crippen molar-refractivity contribution in [2.75, 3.05) is 13.2 Å². The first-order valence-corrected chi connectivity index (χ1v) is 4.81. The van der Waals surface area contributed by atoms with E-state index in [1.54, 1.807) is 0 Å². The maximum absolute atomic E-state index is 11.6. The summed E-state index contributed by atoms with van der Waals surface area (Å²) < 4.78 is 11.0. The number of carbonyl (C=O) groups excluding carboxylic acids is 1. The summed E-state index contributed by atoms with van der Waals surface area (Å²) in [7, 11) is 0. The summed E-state index contributed by atoms with van der Waals surface area (Å²) in [5.74, 6) is 1.86. The normalized spacial score (nSPS) is 20.4. The smallest absolute Gasteiger partial charge is 0.180 e. The molecule has 0 fully saturated rings. The highest BCUT2D eigenvalue weighted by atomic mass is 16.5. The number of hydrogen-bond donors (Lipinski definition) is 1. The fraction of sp³-hybridized carbons (Fsp3) is 0.500. The van der Waals surface area contributed by atoms with Gasteiger partial charge in [0, 0.05) is 12.0 Å². The summed E-state index contributed by atoms with van der Waals surface area (Å²) in [6, 6.07) is 0. The van der Waals surface area contributed by atoms with E-state index in [0.717, 1.165) is 29.1 Å². The van der Waals surface area contributed by atoms with Gasteiger partial charge in [0.2, 0.25) is 0 Å². The fourth-order valence-electron chi connectivity index (χ4n) is 2.09. The molecule has 0 spiro atoms. The second-order valence-electron chi connectivity index (χ2n) is 3.63. The van der Waals surface area contributed by atoms with Crippen molar-refractivity contribution >= 4 is 5.78 Å². The lowest BCUT2D eigenvalue weighted by molar-refractivity contribution is 0.0952. The first-order valence-electron chi connectivity index (χ1n) is 4.81. The van der Waals surface area contributed by atoms with Crippen LogP contribution in [0.5, 0.6) is 0 Å². The van der Waals surface area contributed by atoms with Gasteiger partial charge in [-0.25, -0.2) is 0 Å². The Kier molecular flexibility index (Phi) is 1.72. The Bertz CT molecular complexity index is 394. The lowest BCUT2D eigenvalue weighted by Crippen LogP contribution is -2.29. The minimum atomic E-state index is 0.127. The number of hydrogen-bond acceptors (Lipinski definition) is 4. The molecule has 0 saturated carbocycles. The van der Waals surface area contributed by atoms with E-state index >= 15 is 0 Å². The molecule has 0 atom stereocenters. The SMILES string of the molecule is O=C1CNCc2oc3c(c21)COCC3. The number of fused-ring (bicyclic) bond motifs is 3. The summed E-state index contributed by atoms with van der Waals surface area (Å²) in [4.78, 5) is 11.6. The molecule has 2 aliphatic heterocycles. The average molecular weight is 193 g/mol. The van der Waals surface area contributed by atoms with Crippen LogP contribution in [0.4, 0.5) is 0 Å². The van der Waals surface area contributed by atoms with Crippen LogP contribution in [0.15, 0.2) is 4.42 Å². The molecule has 0 radical (unpaired) electrons. The zero-order valence-electron chi connectivity index (χ0n) is 7.76. The molecule has 0 amide bonds. The zero-order valence-corrected chi connectivity index (χ0v) is 7.76. The molecule has 4 heteroatoms. The Morgan fingerprint density at radius 2 is 2.14 bits per heavy atom. The molecule has 3 rings (SSSR count). The Hall–Kier alpha value is -1.13. The van der Waals surface area contributed by atoms with E-state index in [1.807, 2.05) is 0 Å². The third-order valence-electron chi connectivity index (χ3n) is 2.73. The summed E-state index contributed by atoms with van der Waals surface area (Å²) >= 11 is 0. The van der Waals surface area contributed by atoms with Crippen molar-refractivity contribution in [3.05, 3.63) is 22.6 Å². The Labute approximate surface area is 81.2 Å². The molecule has 0 bridgehead atoms. The molecule has 4 nitrogen and oxygen atoms in total. The molecule has 0 aromatic carbocycles. The monoisotopic (exact) mass is 193 g/mol. The second-order valence-corrected chi connectivity index (χ2v) is 3.63. The number of carbonyl (C=O) groups is 1. The fourth-order valence-corrected chi connectivity index (χ4v) is 2.09. The number of nitrogens with one attached hydrogen (secondary N) is 1. The number of rotatable bonds is 0. The van der Waals surface area contributed by atoms with Gasteiger partial charge in [-0.2, -0.15) is 0 Å². The molecule has 2 aliphatic rings. The highest BCUT2D eigenvalue weighted by Gasteiger charge is 2.29. The van der Waals surface area contributed by atoms with E-state index in [-0.39, 0.29) is 5.78 Å². The molecule has 0 unspecified atom stereocenters. The van der Waals surface area contributed by atoms with Crippen LogP contribution in [-0.2, 0) is 24.3 Å². The molecule has 74 valence electrons. The van der Waals surface area contributed by atoms with E-state index < -0.39 is 0 Å². The van der Waals surface area contributed by atoms with E-state index in [9.17, 15) is 4.79 Å². The molecule has 14 heavy (non-hydrogen) atoms. The summed E-state index contributed by atoms with van der Waals surface area (Å²) in [6.45, 7) is 2.30. The first kappa shape index (κ1) is 8.20. The van der Waals surface area contributed by atoms with Gasteiger partial charge in [0.05, 0.1) is 31.9 Å². The molecular weight excluding hydrogens is 182 g/mol. The maximum atomic E-state index is 11.6. The minimum absolute atomic E-state index is 0.127. The molecule has 1 N–H and O–H groups in total. The van der Waals surface area contributed by atoms with Gasteiger partial charge < -0.3 is 14.5 Å². The number of ketones is 1. The van der Waals surface area contributed by atoms with Gasteiger partial charge in [-0.05, 0) is 0 Å². The van der Waals surface area contributed by atoms with Gasteiger partial charge in [0.1, 0.15) is 11.5 Å². The predicted octanol–water partition coefficient (Wildman–Crippen LogP) is 0.638. The van der Waals surface area contributed by atoms with Crippen molar-refractivity contribution in [3.63, 3.8) is 0 Å². The van der Waals surface area contributed by atoms with Gasteiger partial charge in [-0.3, -0.25) is 4.79 Å². The van der Waals surface area contributed by atoms with Gasteiger partial charge in [-0.15, -0.1) is 0 Å². The molecule has 0 saturated heterocycles. The number of ether oxygens (including phenoxy) is 1. The summed E-state index contributed by atoms with van der Waals surface area (Å²) in [5, 5.41) is 3.02. The van der Waals surface area contributed by atoms with Crippen LogP contribution in [0.3, 0.4) is 0 Å². The van der Waals surface area contributed by atoms with Crippen LogP contribution < -0.4 is 5.32 Å². The molecule has 3 heterocycles. The second kappa shape index (κ2) is 2.93. The van der Waals surface area contributed by atoms with Crippen LogP contribution in [0.1, 0.15) is 27.4 Å². The van der Waals surface area contributed by atoms with Gasteiger partial charge in [-0.1, -0.05) is 0 Å². The maximum Gasteiger partial charge on any atom is 0.180 e. The van der Waals surface area contributed by atoms with Crippen LogP contribution in [0.2, 0.25) is 0 Å². The van der Waals surface area contributed by atoms with Crippen LogP contribution in [0, 0.1) is 0 Å². The van der Waals surface area contributed by atoms with E-state index in [0.29, 0.717) is 26.3 Å². The minimum Gasteiger partial charge on any atom is -0.463 e. The van der Waals surface area contributed by atoms with E-state index in [1.165, 1.54) is 0 Å². The lowest BCUT2D eigenvalue weighted by atomic mass is 10.0. The zero-order chi connectivity index (χ0) is 9.54. The third kappa shape index (κ3) is 1.04. The highest BCUT2D eigenvalue weighted by Crippen LogP contribution is 2.29. The summed E-state index contributed by atoms with van der Waals surface area (Å²) in [5.41, 5.74) is 1.76. The van der Waals surface area contributed by atoms with Crippen molar-refractivity contribution in [2.24, 2.45) is 0 Å². The van der Waals surface area contributed by atoms with Gasteiger partial charge in [0.25, 0.3) is 0 Å². The average Bonchev–Trinajstić information content (AvgIpc) is 2.57. The van der Waals surface area contributed by atoms with Crippen molar-refractivity contribution in [2.45, 2.75) is 19.6 Å². The van der Waals surface area contributed by atoms with E-state index in [4.69, 9.17) is 9.15 Å². The Morgan fingerprint density at radius 3 is 3.07 bits per heavy atom. The quantitative estimate of drug-likeness (QED) is 0.657. The van der Waals surface area contributed by atoms with Crippen LogP contribution in [0.25, 0.3) is 0 Å². The molecule has 1 aromatic heterocycles. The van der Waals surface area contributed by atoms with Crippen LogP contribution in [-0.4, -0.2) is 18.9 Å². The third-order valence-corrected chi connectivity index (χ3v) is 2.73. The largest absolute Gasteiger partial charge is 0.463 e. The standard InChI is InChI=1S/C10H11NO3/c12-7-3-11-4-9-10(7)6-5-13-2-1-8(6)14-9/h11H,1-5H2. The predicted molar refractivity (Wildman–Crippen MR) is 48.1 cm³/mol. The molecular formula is C10H11NO3. The Balaban J connectivity index is 2.16. The van der Waals surface area contributed by atoms with Crippen molar-refractivity contribution in [1.82, 2.24) is 5.32 Å². The lowest BCUT2D eigenvalue weighted by Gasteiger charge is -2.13. The highest BCUT2D eigenvalue weighted by molar-refractivity contribution is 6.01. The van der Waals surface area contributed by atoms with Crippen molar-refractivity contribution in [1.29, 1.82) is 0 Å². The van der Waals surface area contributed by atoms with Gasteiger partial charge in [0.15, 0.2) is 5.78 Å². The molecule has 1 aromatic rings. The topological polar surface area (TPSA) is 51.5 Å². The van der Waals surface area contributed by atoms with Crippen molar-refractivity contribution in [3.8, 4) is 0 Å². The summed E-state index contributed by atoms with van der Waals surface area (Å²) in [6.07, 6.45) is 0.787. The van der Waals surface area contributed by atoms with Crippen LogP contribution >= 0.6 is 0 Å². The number of furan rings is 1.